The fourth-order valence-electron chi connectivity index (χ4n) is 3.02. The third-order valence-corrected chi connectivity index (χ3v) is 5.02. The molecule has 148 valence electrons. The molecule has 1 amide bonds. The lowest BCUT2D eigenvalue weighted by molar-refractivity contribution is 0.0956. The Kier molecular flexibility index (Phi) is 5.65. The Morgan fingerprint density at radius 3 is 2.57 bits per heavy atom. The molecular weight excluding hydrogens is 421 g/mol. The van der Waals surface area contributed by atoms with Gasteiger partial charge in [-0.2, -0.15) is 5.10 Å². The number of aromatic hydroxyl groups is 1. The summed E-state index contributed by atoms with van der Waals surface area (Å²) >= 11 is 12.3. The minimum Gasteiger partial charge on any atom is -0.507 e. The summed E-state index contributed by atoms with van der Waals surface area (Å²) in [6.45, 7) is 0. The van der Waals surface area contributed by atoms with E-state index >= 15 is 0 Å². The fraction of sp³-hybridized carbons (Fsp3) is 0. The first-order valence-corrected chi connectivity index (χ1v) is 9.75. The minimum absolute atomic E-state index is 0.0736. The second-order valence-corrected chi connectivity index (χ2v) is 7.30. The highest BCUT2D eigenvalue weighted by Crippen LogP contribution is 2.31. The lowest BCUT2D eigenvalue weighted by Gasteiger charge is -2.10. The van der Waals surface area contributed by atoms with Gasteiger partial charge in [-0.15, -0.1) is 0 Å². The topological polar surface area (TPSA) is 74.6 Å². The van der Waals surface area contributed by atoms with E-state index in [1.807, 2.05) is 24.3 Å². The van der Waals surface area contributed by atoms with Crippen molar-refractivity contribution in [3.63, 3.8) is 0 Å². The van der Waals surface area contributed by atoms with Gasteiger partial charge in [-0.3, -0.25) is 4.79 Å². The monoisotopic (exact) mass is 435 g/mol. The molecule has 2 N–H and O–H groups in total. The zero-order valence-corrected chi connectivity index (χ0v) is 17.0. The van der Waals surface area contributed by atoms with E-state index in [4.69, 9.17) is 23.2 Å². The first-order valence-electron chi connectivity index (χ1n) is 8.99. The number of fused-ring (bicyclic) bond motifs is 1. The van der Waals surface area contributed by atoms with E-state index in [0.29, 0.717) is 43.3 Å². The molecule has 0 spiro atoms. The number of nitrogens with zero attached hydrogens (tertiary/aromatic N) is 2. The van der Waals surface area contributed by atoms with Crippen molar-refractivity contribution in [2.75, 3.05) is 0 Å². The number of hydrogen-bond donors (Lipinski definition) is 2. The number of phenols is 1. The fourth-order valence-corrected chi connectivity index (χ4v) is 3.52. The number of pyridine rings is 1. The number of nitrogens with one attached hydrogen (secondary N) is 1. The number of carbonyl (C=O) groups is 1. The van der Waals surface area contributed by atoms with E-state index in [-0.39, 0.29) is 5.75 Å². The molecule has 0 bridgehead atoms. The Balaban J connectivity index is 1.72. The van der Waals surface area contributed by atoms with Crippen LogP contribution in [0.15, 0.2) is 77.9 Å². The van der Waals surface area contributed by atoms with Crippen molar-refractivity contribution >= 4 is 46.2 Å². The molecule has 0 aliphatic carbocycles. The quantitative estimate of drug-likeness (QED) is 0.319. The molecule has 30 heavy (non-hydrogen) atoms. The number of benzene rings is 3. The summed E-state index contributed by atoms with van der Waals surface area (Å²) in [6, 6.07) is 20.8. The van der Waals surface area contributed by atoms with Crippen molar-refractivity contribution in [1.29, 1.82) is 0 Å². The summed E-state index contributed by atoms with van der Waals surface area (Å²) < 4.78 is 0. The molecule has 0 saturated carbocycles. The lowest BCUT2D eigenvalue weighted by Crippen LogP contribution is -2.18. The number of aromatic nitrogens is 1. The van der Waals surface area contributed by atoms with Crippen LogP contribution in [-0.4, -0.2) is 22.2 Å². The number of phenolic OH excluding ortho intramolecular Hbond substituents is 1. The van der Waals surface area contributed by atoms with E-state index in [1.165, 1.54) is 6.21 Å². The number of para-hydroxylation sites is 2. The average molecular weight is 436 g/mol. The molecule has 1 heterocycles. The first-order chi connectivity index (χ1) is 14.5. The van der Waals surface area contributed by atoms with Crippen molar-refractivity contribution in [2.45, 2.75) is 0 Å². The molecule has 5 nitrogen and oxygen atoms in total. The first kappa shape index (κ1) is 19.9. The number of hydrogen-bond acceptors (Lipinski definition) is 4. The van der Waals surface area contributed by atoms with Gasteiger partial charge in [-0.05, 0) is 42.5 Å². The predicted octanol–water partition coefficient (Wildman–Crippen LogP) is 5.68. The van der Waals surface area contributed by atoms with E-state index in [2.05, 4.69) is 15.5 Å². The van der Waals surface area contributed by atoms with E-state index in [1.54, 1.807) is 48.5 Å². The smallest absolute Gasteiger partial charge is 0.272 e. The molecule has 0 aliphatic heterocycles. The highest BCUT2D eigenvalue weighted by molar-refractivity contribution is 6.36. The standard InChI is InChI=1S/C23H15Cl2N3O2/c24-15-9-10-17(19(25)11-15)21-12-18(16-6-2-3-7-20(16)27-21)23(30)28-26-13-14-5-1-4-8-22(14)29/h1-13,29H,(H,28,30)/b26-13-. The Hall–Kier alpha value is -3.41. The summed E-state index contributed by atoms with van der Waals surface area (Å²) in [4.78, 5) is 17.5. The molecule has 4 rings (SSSR count). The number of halogens is 2. The molecule has 0 radical (unpaired) electrons. The van der Waals surface area contributed by atoms with E-state index < -0.39 is 5.91 Å². The second kappa shape index (κ2) is 8.53. The number of rotatable bonds is 4. The highest BCUT2D eigenvalue weighted by Gasteiger charge is 2.15. The van der Waals surface area contributed by atoms with Gasteiger partial charge in [0.25, 0.3) is 5.91 Å². The van der Waals surface area contributed by atoms with Crippen LogP contribution in [0.1, 0.15) is 15.9 Å². The van der Waals surface area contributed by atoms with Crippen LogP contribution >= 0.6 is 23.2 Å². The lowest BCUT2D eigenvalue weighted by atomic mass is 10.0. The molecule has 0 fully saturated rings. The van der Waals surface area contributed by atoms with Crippen molar-refractivity contribution in [3.05, 3.63) is 94.0 Å². The maximum atomic E-state index is 12.9. The van der Waals surface area contributed by atoms with Gasteiger partial charge in [-0.25, -0.2) is 10.4 Å². The Morgan fingerprint density at radius 1 is 1.00 bits per heavy atom. The molecule has 4 aromatic rings. The molecule has 3 aromatic carbocycles. The van der Waals surface area contributed by atoms with Gasteiger partial charge >= 0.3 is 0 Å². The van der Waals surface area contributed by atoms with Crippen LogP contribution in [0.4, 0.5) is 0 Å². The van der Waals surface area contributed by atoms with Crippen LogP contribution in [0.2, 0.25) is 10.0 Å². The van der Waals surface area contributed by atoms with Gasteiger partial charge in [0.2, 0.25) is 0 Å². The number of carbonyl (C=O) groups excluding carboxylic acids is 1. The molecular formula is C23H15Cl2N3O2. The normalized spacial score (nSPS) is 11.1. The Bertz CT molecular complexity index is 1290. The zero-order valence-electron chi connectivity index (χ0n) is 15.5. The van der Waals surface area contributed by atoms with Crippen LogP contribution < -0.4 is 5.43 Å². The predicted molar refractivity (Wildman–Crippen MR) is 120 cm³/mol. The van der Waals surface area contributed by atoms with Gasteiger partial charge in [0, 0.05) is 21.5 Å². The van der Waals surface area contributed by atoms with E-state index in [0.717, 1.165) is 0 Å². The third-order valence-electron chi connectivity index (χ3n) is 4.47. The molecule has 0 unspecified atom stereocenters. The van der Waals surface area contributed by atoms with Gasteiger partial charge in [0.05, 0.1) is 28.0 Å². The number of amides is 1. The molecule has 1 aromatic heterocycles. The molecule has 0 aliphatic rings. The van der Waals surface area contributed by atoms with Crippen molar-refractivity contribution in [1.82, 2.24) is 10.4 Å². The minimum atomic E-state index is -0.411. The maximum absolute atomic E-state index is 12.9. The molecule has 0 atom stereocenters. The van der Waals surface area contributed by atoms with Crippen LogP contribution in [0.25, 0.3) is 22.2 Å². The van der Waals surface area contributed by atoms with Crippen LogP contribution in [0, 0.1) is 0 Å². The van der Waals surface area contributed by atoms with Crippen molar-refractivity contribution in [2.24, 2.45) is 5.10 Å². The Labute approximate surface area is 182 Å². The summed E-state index contributed by atoms with van der Waals surface area (Å²) in [5.74, 6) is -0.337. The van der Waals surface area contributed by atoms with Gasteiger partial charge in [0.1, 0.15) is 5.75 Å². The third kappa shape index (κ3) is 4.13. The number of hydrazone groups is 1. The SMILES string of the molecule is O=C(N/N=C\c1ccccc1O)c1cc(-c2ccc(Cl)cc2Cl)nc2ccccc12. The van der Waals surface area contributed by atoms with Crippen LogP contribution in [0.5, 0.6) is 5.75 Å². The van der Waals surface area contributed by atoms with Gasteiger partial charge in [-0.1, -0.05) is 53.5 Å². The van der Waals surface area contributed by atoms with Crippen LogP contribution in [-0.2, 0) is 0 Å². The molecule has 0 saturated heterocycles. The average Bonchev–Trinajstić information content (AvgIpc) is 2.74. The summed E-state index contributed by atoms with van der Waals surface area (Å²) in [5.41, 5.74) is 5.26. The molecule has 7 heteroatoms. The second-order valence-electron chi connectivity index (χ2n) is 6.45. The van der Waals surface area contributed by atoms with Crippen molar-refractivity contribution < 1.29 is 9.90 Å². The van der Waals surface area contributed by atoms with Crippen LogP contribution in [0.3, 0.4) is 0 Å². The van der Waals surface area contributed by atoms with Crippen molar-refractivity contribution in [3.8, 4) is 17.0 Å². The van der Waals surface area contributed by atoms with Gasteiger partial charge in [0.15, 0.2) is 0 Å². The zero-order chi connectivity index (χ0) is 21.1. The largest absolute Gasteiger partial charge is 0.507 e. The van der Waals surface area contributed by atoms with E-state index in [9.17, 15) is 9.90 Å². The van der Waals surface area contributed by atoms with Gasteiger partial charge < -0.3 is 5.11 Å². The summed E-state index contributed by atoms with van der Waals surface area (Å²) in [6.07, 6.45) is 1.38. The summed E-state index contributed by atoms with van der Waals surface area (Å²) in [5, 5.41) is 15.4. The summed E-state index contributed by atoms with van der Waals surface area (Å²) in [7, 11) is 0. The Morgan fingerprint density at radius 2 is 1.77 bits per heavy atom. The maximum Gasteiger partial charge on any atom is 0.272 e. The highest BCUT2D eigenvalue weighted by atomic mass is 35.5.